The summed E-state index contributed by atoms with van der Waals surface area (Å²) in [6.07, 6.45) is 2.16. The Kier molecular flexibility index (Phi) is 4.27. The molecular weight excluding hydrogens is 246 g/mol. The summed E-state index contributed by atoms with van der Waals surface area (Å²) in [7, 11) is 1.48. The van der Waals surface area contributed by atoms with E-state index in [-0.39, 0.29) is 18.8 Å². The standard InChI is InChI=1S/C14H19NO4/c1-9-6-7-10(19-9)8-18-14(16)11-4-3-5-12(15)13(11)17-2/h3-5,9-10H,6-8,15H2,1-2H3. The molecule has 1 heterocycles. The number of carbonyl (C=O) groups is 1. The molecule has 2 rings (SSSR count). The molecule has 5 heteroatoms. The van der Waals surface area contributed by atoms with Gasteiger partial charge in [0.25, 0.3) is 0 Å². The number of hydrogen-bond acceptors (Lipinski definition) is 5. The lowest BCUT2D eigenvalue weighted by molar-refractivity contribution is -0.00281. The minimum atomic E-state index is -0.438. The first kappa shape index (κ1) is 13.7. The highest BCUT2D eigenvalue weighted by molar-refractivity contribution is 5.94. The molecule has 2 unspecified atom stereocenters. The second-order valence-corrected chi connectivity index (χ2v) is 4.67. The van der Waals surface area contributed by atoms with E-state index in [1.807, 2.05) is 6.92 Å². The van der Waals surface area contributed by atoms with Crippen molar-refractivity contribution >= 4 is 11.7 Å². The van der Waals surface area contributed by atoms with Crippen LogP contribution in [0.1, 0.15) is 30.1 Å². The summed E-state index contributed by atoms with van der Waals surface area (Å²) in [5.74, 6) is -0.0829. The third-order valence-corrected chi connectivity index (χ3v) is 3.19. The lowest BCUT2D eigenvalue weighted by Crippen LogP contribution is -2.19. The number of methoxy groups -OCH3 is 1. The molecular formula is C14H19NO4. The van der Waals surface area contributed by atoms with Crippen LogP contribution < -0.4 is 10.5 Å². The van der Waals surface area contributed by atoms with Gasteiger partial charge in [0.2, 0.25) is 0 Å². The van der Waals surface area contributed by atoms with Gasteiger partial charge in [0.1, 0.15) is 12.2 Å². The van der Waals surface area contributed by atoms with Crippen molar-refractivity contribution in [2.75, 3.05) is 19.5 Å². The van der Waals surface area contributed by atoms with Crippen LogP contribution in [-0.4, -0.2) is 31.9 Å². The molecule has 0 bridgehead atoms. The van der Waals surface area contributed by atoms with E-state index in [2.05, 4.69) is 0 Å². The van der Waals surface area contributed by atoms with E-state index in [1.165, 1.54) is 7.11 Å². The number of para-hydroxylation sites is 1. The third kappa shape index (κ3) is 3.17. The Morgan fingerprint density at radius 1 is 1.47 bits per heavy atom. The lowest BCUT2D eigenvalue weighted by Gasteiger charge is -2.13. The van der Waals surface area contributed by atoms with Gasteiger partial charge in [0.05, 0.1) is 25.0 Å². The summed E-state index contributed by atoms with van der Waals surface area (Å²) in [5.41, 5.74) is 6.51. The van der Waals surface area contributed by atoms with Gasteiger partial charge in [0.15, 0.2) is 5.75 Å². The van der Waals surface area contributed by atoms with E-state index in [0.29, 0.717) is 17.0 Å². The van der Waals surface area contributed by atoms with Crippen molar-refractivity contribution in [2.45, 2.75) is 32.0 Å². The maximum absolute atomic E-state index is 12.0. The zero-order valence-electron chi connectivity index (χ0n) is 11.2. The van der Waals surface area contributed by atoms with Crippen LogP contribution in [0, 0.1) is 0 Å². The van der Waals surface area contributed by atoms with Crippen molar-refractivity contribution in [3.05, 3.63) is 23.8 Å². The van der Waals surface area contributed by atoms with Crippen LogP contribution in [0.4, 0.5) is 5.69 Å². The second-order valence-electron chi connectivity index (χ2n) is 4.67. The quantitative estimate of drug-likeness (QED) is 0.666. The number of rotatable bonds is 4. The Morgan fingerprint density at radius 2 is 2.26 bits per heavy atom. The van der Waals surface area contributed by atoms with Crippen LogP contribution in [0.15, 0.2) is 18.2 Å². The van der Waals surface area contributed by atoms with Crippen molar-refractivity contribution < 1.29 is 19.0 Å². The van der Waals surface area contributed by atoms with Crippen molar-refractivity contribution in [3.63, 3.8) is 0 Å². The molecule has 0 radical (unpaired) electrons. The number of anilines is 1. The Bertz CT molecular complexity index is 461. The number of nitrogen functional groups attached to an aromatic ring is 1. The van der Waals surface area contributed by atoms with Crippen molar-refractivity contribution in [2.24, 2.45) is 0 Å². The molecule has 0 aromatic heterocycles. The predicted octanol–water partition coefficient (Wildman–Crippen LogP) is 2.00. The lowest BCUT2D eigenvalue weighted by atomic mass is 10.1. The molecule has 2 N–H and O–H groups in total. The summed E-state index contributed by atoms with van der Waals surface area (Å²) in [6, 6.07) is 5.01. The predicted molar refractivity (Wildman–Crippen MR) is 71.3 cm³/mol. The van der Waals surface area contributed by atoms with Gasteiger partial charge in [-0.3, -0.25) is 0 Å². The van der Waals surface area contributed by atoms with E-state index >= 15 is 0 Å². The fraction of sp³-hybridized carbons (Fsp3) is 0.500. The topological polar surface area (TPSA) is 70.8 Å². The van der Waals surface area contributed by atoms with Gasteiger partial charge in [-0.1, -0.05) is 6.07 Å². The zero-order chi connectivity index (χ0) is 13.8. The van der Waals surface area contributed by atoms with Crippen LogP contribution in [0.5, 0.6) is 5.75 Å². The molecule has 0 amide bonds. The Balaban J connectivity index is 1.98. The fourth-order valence-corrected chi connectivity index (χ4v) is 2.20. The molecule has 0 spiro atoms. The minimum Gasteiger partial charge on any atom is -0.494 e. The summed E-state index contributed by atoms with van der Waals surface area (Å²) in [5, 5.41) is 0. The molecule has 1 aliphatic heterocycles. The van der Waals surface area contributed by atoms with Gasteiger partial charge in [-0.05, 0) is 31.9 Å². The molecule has 1 aromatic rings. The normalized spacial score (nSPS) is 22.2. The Labute approximate surface area is 112 Å². The van der Waals surface area contributed by atoms with Crippen molar-refractivity contribution in [3.8, 4) is 5.75 Å². The molecule has 0 aliphatic carbocycles. The summed E-state index contributed by atoms with van der Waals surface area (Å²) in [4.78, 5) is 12.0. The van der Waals surface area contributed by atoms with E-state index in [1.54, 1.807) is 18.2 Å². The van der Waals surface area contributed by atoms with Crippen LogP contribution in [0.3, 0.4) is 0 Å². The maximum Gasteiger partial charge on any atom is 0.342 e. The highest BCUT2D eigenvalue weighted by Crippen LogP contribution is 2.27. The van der Waals surface area contributed by atoms with Gasteiger partial charge in [-0.15, -0.1) is 0 Å². The SMILES string of the molecule is COc1c(N)cccc1C(=O)OCC1CCC(C)O1. The first-order chi connectivity index (χ1) is 9.11. The number of hydrogen-bond donors (Lipinski definition) is 1. The maximum atomic E-state index is 12.0. The number of esters is 1. The average molecular weight is 265 g/mol. The molecule has 0 saturated carbocycles. The monoisotopic (exact) mass is 265 g/mol. The highest BCUT2D eigenvalue weighted by Gasteiger charge is 2.24. The van der Waals surface area contributed by atoms with Crippen LogP contribution >= 0.6 is 0 Å². The second kappa shape index (κ2) is 5.93. The van der Waals surface area contributed by atoms with Crippen molar-refractivity contribution in [1.82, 2.24) is 0 Å². The first-order valence-corrected chi connectivity index (χ1v) is 6.37. The van der Waals surface area contributed by atoms with Crippen LogP contribution in [-0.2, 0) is 9.47 Å². The molecule has 2 atom stereocenters. The molecule has 5 nitrogen and oxygen atoms in total. The molecule has 1 aromatic carbocycles. The molecule has 1 aliphatic rings. The third-order valence-electron chi connectivity index (χ3n) is 3.19. The Hall–Kier alpha value is -1.75. The summed E-state index contributed by atoms with van der Waals surface area (Å²) in [6.45, 7) is 2.28. The van der Waals surface area contributed by atoms with Crippen LogP contribution in [0.25, 0.3) is 0 Å². The summed E-state index contributed by atoms with van der Waals surface area (Å²) >= 11 is 0. The minimum absolute atomic E-state index is 0.00833. The van der Waals surface area contributed by atoms with Gasteiger partial charge >= 0.3 is 5.97 Å². The fourth-order valence-electron chi connectivity index (χ4n) is 2.20. The van der Waals surface area contributed by atoms with Crippen LogP contribution in [0.2, 0.25) is 0 Å². The number of benzene rings is 1. The van der Waals surface area contributed by atoms with E-state index in [0.717, 1.165) is 12.8 Å². The summed E-state index contributed by atoms with van der Waals surface area (Å²) < 4.78 is 16.0. The number of nitrogens with two attached hydrogens (primary N) is 1. The van der Waals surface area contributed by atoms with Gasteiger partial charge in [-0.25, -0.2) is 4.79 Å². The van der Waals surface area contributed by atoms with Gasteiger partial charge < -0.3 is 19.9 Å². The average Bonchev–Trinajstić information content (AvgIpc) is 2.81. The zero-order valence-corrected chi connectivity index (χ0v) is 11.2. The number of ether oxygens (including phenoxy) is 3. The largest absolute Gasteiger partial charge is 0.494 e. The van der Waals surface area contributed by atoms with Crippen molar-refractivity contribution in [1.29, 1.82) is 0 Å². The Morgan fingerprint density at radius 3 is 2.89 bits per heavy atom. The van der Waals surface area contributed by atoms with E-state index < -0.39 is 5.97 Å². The van der Waals surface area contributed by atoms with Gasteiger partial charge in [-0.2, -0.15) is 0 Å². The molecule has 104 valence electrons. The van der Waals surface area contributed by atoms with Gasteiger partial charge in [0, 0.05) is 0 Å². The molecule has 1 fully saturated rings. The van der Waals surface area contributed by atoms with E-state index in [9.17, 15) is 4.79 Å². The molecule has 1 saturated heterocycles. The first-order valence-electron chi connectivity index (χ1n) is 6.37. The highest BCUT2D eigenvalue weighted by atomic mass is 16.6. The smallest absolute Gasteiger partial charge is 0.342 e. The molecule has 19 heavy (non-hydrogen) atoms. The number of carbonyl (C=O) groups excluding carboxylic acids is 1. The van der Waals surface area contributed by atoms with E-state index in [4.69, 9.17) is 19.9 Å².